The summed E-state index contributed by atoms with van der Waals surface area (Å²) in [5.41, 5.74) is 0. The monoisotopic (exact) mass is 258 g/mol. The summed E-state index contributed by atoms with van der Waals surface area (Å²) in [5, 5.41) is 6.43. The van der Waals surface area contributed by atoms with Crippen LogP contribution >= 0.6 is 11.8 Å². The fourth-order valence-electron chi connectivity index (χ4n) is 2.34. The minimum Gasteiger partial charge on any atom is -0.356 e. The van der Waals surface area contributed by atoms with E-state index >= 15 is 0 Å². The van der Waals surface area contributed by atoms with Gasteiger partial charge in [0.2, 0.25) is 5.91 Å². The van der Waals surface area contributed by atoms with Crippen LogP contribution in [0.5, 0.6) is 0 Å². The molecule has 1 amide bonds. The number of piperidine rings is 1. The van der Waals surface area contributed by atoms with Crippen molar-refractivity contribution in [1.82, 2.24) is 10.6 Å². The lowest BCUT2D eigenvalue weighted by Gasteiger charge is -2.28. The van der Waals surface area contributed by atoms with Crippen LogP contribution in [0.4, 0.5) is 0 Å². The lowest BCUT2D eigenvalue weighted by Crippen LogP contribution is -2.35. The van der Waals surface area contributed by atoms with Gasteiger partial charge in [-0.05, 0) is 56.2 Å². The topological polar surface area (TPSA) is 41.1 Å². The minimum absolute atomic E-state index is 0.226. The molecule has 0 radical (unpaired) electrons. The van der Waals surface area contributed by atoms with E-state index in [1.165, 1.54) is 12.8 Å². The van der Waals surface area contributed by atoms with Crippen LogP contribution in [-0.2, 0) is 4.79 Å². The summed E-state index contributed by atoms with van der Waals surface area (Å²) in [7, 11) is 0. The number of carbonyl (C=O) groups is 1. The molecule has 3 nitrogen and oxygen atoms in total. The molecule has 2 unspecified atom stereocenters. The predicted octanol–water partition coefficient (Wildman–Crippen LogP) is 1.88. The van der Waals surface area contributed by atoms with Gasteiger partial charge in [0.1, 0.15) is 0 Å². The Kier molecular flexibility index (Phi) is 7.69. The fraction of sp³-hybridized carbons (Fsp3) is 0.923. The summed E-state index contributed by atoms with van der Waals surface area (Å²) in [5.74, 6) is 2.54. The molecule has 1 saturated heterocycles. The van der Waals surface area contributed by atoms with Crippen molar-refractivity contribution in [2.75, 3.05) is 31.6 Å². The van der Waals surface area contributed by atoms with Crippen LogP contribution in [0.15, 0.2) is 0 Å². The number of hydrogen-bond acceptors (Lipinski definition) is 3. The Bertz CT molecular complexity index is 217. The van der Waals surface area contributed by atoms with Gasteiger partial charge >= 0.3 is 0 Å². The van der Waals surface area contributed by atoms with Gasteiger partial charge in [-0.25, -0.2) is 0 Å². The van der Waals surface area contributed by atoms with E-state index in [9.17, 15) is 4.79 Å². The van der Waals surface area contributed by atoms with Crippen molar-refractivity contribution in [2.45, 2.75) is 32.6 Å². The molecule has 100 valence electrons. The molecule has 2 atom stereocenters. The van der Waals surface area contributed by atoms with Crippen molar-refractivity contribution < 1.29 is 4.79 Å². The number of hydrogen-bond donors (Lipinski definition) is 2. The Morgan fingerprint density at radius 3 is 3.06 bits per heavy atom. The maximum atomic E-state index is 11.7. The molecule has 0 aromatic rings. The van der Waals surface area contributed by atoms with Gasteiger partial charge in [0, 0.05) is 13.0 Å². The second-order valence-corrected chi connectivity index (χ2v) is 5.97. The Labute approximate surface area is 109 Å². The molecule has 1 fully saturated rings. The van der Waals surface area contributed by atoms with Gasteiger partial charge in [0.15, 0.2) is 0 Å². The third-order valence-electron chi connectivity index (χ3n) is 3.49. The molecule has 1 heterocycles. The second kappa shape index (κ2) is 8.81. The SMILES string of the molecule is CSCCCNC(=O)CC(C)C1CCCNC1. The number of rotatable bonds is 7. The first-order chi connectivity index (χ1) is 8.24. The van der Waals surface area contributed by atoms with Crippen LogP contribution in [0, 0.1) is 11.8 Å². The van der Waals surface area contributed by atoms with E-state index in [4.69, 9.17) is 0 Å². The summed E-state index contributed by atoms with van der Waals surface area (Å²) in [6.45, 7) is 5.26. The molecular formula is C13H26N2OS. The van der Waals surface area contributed by atoms with Gasteiger partial charge in [-0.2, -0.15) is 11.8 Å². The van der Waals surface area contributed by atoms with E-state index in [-0.39, 0.29) is 5.91 Å². The molecule has 0 aromatic carbocycles. The predicted molar refractivity (Wildman–Crippen MR) is 75.4 cm³/mol. The first-order valence-corrected chi connectivity index (χ1v) is 8.09. The molecular weight excluding hydrogens is 232 g/mol. The second-order valence-electron chi connectivity index (χ2n) is 4.98. The smallest absolute Gasteiger partial charge is 0.220 e. The molecule has 0 saturated carbocycles. The van der Waals surface area contributed by atoms with E-state index < -0.39 is 0 Å². The van der Waals surface area contributed by atoms with Gasteiger partial charge in [-0.15, -0.1) is 0 Å². The zero-order chi connectivity index (χ0) is 12.5. The summed E-state index contributed by atoms with van der Waals surface area (Å²) in [6, 6.07) is 0. The summed E-state index contributed by atoms with van der Waals surface area (Å²) in [6.07, 6.45) is 6.39. The van der Waals surface area contributed by atoms with Crippen LogP contribution in [0.3, 0.4) is 0 Å². The minimum atomic E-state index is 0.226. The van der Waals surface area contributed by atoms with Gasteiger partial charge in [-0.1, -0.05) is 6.92 Å². The lowest BCUT2D eigenvalue weighted by atomic mass is 9.85. The maximum absolute atomic E-state index is 11.7. The average Bonchev–Trinajstić information content (AvgIpc) is 2.36. The quantitative estimate of drug-likeness (QED) is 0.685. The zero-order valence-electron chi connectivity index (χ0n) is 11.1. The number of nitrogens with one attached hydrogen (secondary N) is 2. The normalized spacial score (nSPS) is 22.1. The summed E-state index contributed by atoms with van der Waals surface area (Å²) >= 11 is 1.83. The number of carbonyl (C=O) groups excluding carboxylic acids is 1. The van der Waals surface area contributed by atoms with E-state index in [1.54, 1.807) is 0 Å². The lowest BCUT2D eigenvalue weighted by molar-refractivity contribution is -0.122. The van der Waals surface area contributed by atoms with E-state index in [0.29, 0.717) is 18.3 Å². The van der Waals surface area contributed by atoms with Crippen molar-refractivity contribution in [3.8, 4) is 0 Å². The molecule has 1 rings (SSSR count). The third kappa shape index (κ3) is 6.32. The van der Waals surface area contributed by atoms with Gasteiger partial charge in [-0.3, -0.25) is 4.79 Å². The van der Waals surface area contributed by atoms with Crippen molar-refractivity contribution in [1.29, 1.82) is 0 Å². The Morgan fingerprint density at radius 2 is 2.41 bits per heavy atom. The molecule has 2 N–H and O–H groups in total. The van der Waals surface area contributed by atoms with Crippen LogP contribution in [0.1, 0.15) is 32.6 Å². The van der Waals surface area contributed by atoms with Crippen molar-refractivity contribution >= 4 is 17.7 Å². The Morgan fingerprint density at radius 1 is 1.59 bits per heavy atom. The number of thioether (sulfide) groups is 1. The first-order valence-electron chi connectivity index (χ1n) is 6.70. The van der Waals surface area contributed by atoms with E-state index in [1.807, 2.05) is 11.8 Å². The van der Waals surface area contributed by atoms with Gasteiger partial charge in [0.25, 0.3) is 0 Å². The van der Waals surface area contributed by atoms with Gasteiger partial charge < -0.3 is 10.6 Å². The average molecular weight is 258 g/mol. The molecule has 0 spiro atoms. The first kappa shape index (κ1) is 14.8. The van der Waals surface area contributed by atoms with Crippen molar-refractivity contribution in [2.24, 2.45) is 11.8 Å². The largest absolute Gasteiger partial charge is 0.356 e. The number of amides is 1. The fourth-order valence-corrected chi connectivity index (χ4v) is 2.77. The molecule has 0 aromatic heterocycles. The highest BCUT2D eigenvalue weighted by atomic mass is 32.2. The van der Waals surface area contributed by atoms with Crippen molar-refractivity contribution in [3.63, 3.8) is 0 Å². The van der Waals surface area contributed by atoms with E-state index in [0.717, 1.165) is 31.8 Å². The molecule has 0 bridgehead atoms. The third-order valence-corrected chi connectivity index (χ3v) is 4.19. The molecule has 17 heavy (non-hydrogen) atoms. The standard InChI is InChI=1S/C13H26N2OS/c1-11(12-5-3-6-14-10-12)9-13(16)15-7-4-8-17-2/h11-12,14H,3-10H2,1-2H3,(H,15,16). The summed E-state index contributed by atoms with van der Waals surface area (Å²) < 4.78 is 0. The zero-order valence-corrected chi connectivity index (χ0v) is 11.9. The van der Waals surface area contributed by atoms with Crippen LogP contribution < -0.4 is 10.6 Å². The molecule has 0 aliphatic carbocycles. The molecule has 1 aliphatic heterocycles. The highest BCUT2D eigenvalue weighted by Crippen LogP contribution is 2.22. The molecule has 1 aliphatic rings. The van der Waals surface area contributed by atoms with Crippen molar-refractivity contribution in [3.05, 3.63) is 0 Å². The maximum Gasteiger partial charge on any atom is 0.220 e. The van der Waals surface area contributed by atoms with Crippen LogP contribution in [-0.4, -0.2) is 37.6 Å². The van der Waals surface area contributed by atoms with Crippen LogP contribution in [0.25, 0.3) is 0 Å². The molecule has 4 heteroatoms. The highest BCUT2D eigenvalue weighted by Gasteiger charge is 2.21. The van der Waals surface area contributed by atoms with E-state index in [2.05, 4.69) is 23.8 Å². The van der Waals surface area contributed by atoms with Crippen LogP contribution in [0.2, 0.25) is 0 Å². The Hall–Kier alpha value is -0.220. The summed E-state index contributed by atoms with van der Waals surface area (Å²) in [4.78, 5) is 11.7. The highest BCUT2D eigenvalue weighted by molar-refractivity contribution is 7.98. The van der Waals surface area contributed by atoms with Gasteiger partial charge in [0.05, 0.1) is 0 Å². The Balaban J connectivity index is 2.11.